The first-order valence-electron chi connectivity index (χ1n) is 9.06. The topological polar surface area (TPSA) is 115 Å². The summed E-state index contributed by atoms with van der Waals surface area (Å²) in [6, 6.07) is 10.3. The molecule has 1 unspecified atom stereocenters. The van der Waals surface area contributed by atoms with Crippen LogP contribution in [0, 0.1) is 0 Å². The molecule has 2 N–H and O–H groups in total. The van der Waals surface area contributed by atoms with Crippen molar-refractivity contribution in [3.63, 3.8) is 0 Å². The molecule has 0 saturated carbocycles. The number of ether oxygens (including phenoxy) is 1. The molecule has 0 fully saturated rings. The van der Waals surface area contributed by atoms with Gasteiger partial charge in [0.2, 0.25) is 0 Å². The Labute approximate surface area is 165 Å². The molecule has 29 heavy (non-hydrogen) atoms. The van der Waals surface area contributed by atoms with E-state index in [-0.39, 0.29) is 29.9 Å². The highest BCUT2D eigenvalue weighted by atomic mass is 16.5. The van der Waals surface area contributed by atoms with Crippen LogP contribution >= 0.6 is 0 Å². The Balaban J connectivity index is 1.69. The molecule has 9 heteroatoms. The summed E-state index contributed by atoms with van der Waals surface area (Å²) in [6.07, 6.45) is 0.401. The van der Waals surface area contributed by atoms with E-state index in [2.05, 4.69) is 10.3 Å². The number of amides is 1. The van der Waals surface area contributed by atoms with Gasteiger partial charge in [-0.15, -0.1) is 0 Å². The Bertz CT molecular complexity index is 1250. The molecule has 0 radical (unpaired) electrons. The smallest absolute Gasteiger partial charge is 0.332 e. The van der Waals surface area contributed by atoms with Gasteiger partial charge in [-0.25, -0.2) is 9.78 Å². The number of rotatable bonds is 3. The van der Waals surface area contributed by atoms with E-state index in [9.17, 15) is 19.5 Å². The number of nitrogens with one attached hydrogen (secondary N) is 1. The van der Waals surface area contributed by atoms with Gasteiger partial charge >= 0.3 is 5.69 Å². The fraction of sp³-hybridized carbons (Fsp3) is 0.300. The molecule has 0 bridgehead atoms. The minimum atomic E-state index is -0.999. The fourth-order valence-corrected chi connectivity index (χ4v) is 3.53. The van der Waals surface area contributed by atoms with Crippen molar-refractivity contribution < 1.29 is 14.6 Å². The van der Waals surface area contributed by atoms with E-state index in [1.54, 1.807) is 0 Å². The van der Waals surface area contributed by atoms with Gasteiger partial charge < -0.3 is 15.2 Å². The average molecular weight is 396 g/mol. The highest BCUT2D eigenvalue weighted by molar-refractivity contribution is 5.94. The van der Waals surface area contributed by atoms with Crippen LogP contribution in [-0.2, 0) is 20.5 Å². The Morgan fingerprint density at radius 3 is 2.72 bits per heavy atom. The Kier molecular flexibility index (Phi) is 4.46. The van der Waals surface area contributed by atoms with Crippen molar-refractivity contribution in [1.29, 1.82) is 0 Å². The number of aliphatic hydroxyl groups is 1. The zero-order chi connectivity index (χ0) is 20.8. The summed E-state index contributed by atoms with van der Waals surface area (Å²) in [4.78, 5) is 41.5. The molecule has 2 aromatic heterocycles. The number of aryl methyl sites for hydroxylation is 1. The van der Waals surface area contributed by atoms with Crippen molar-refractivity contribution in [2.75, 3.05) is 13.2 Å². The molecule has 1 aliphatic heterocycles. The third-order valence-corrected chi connectivity index (χ3v) is 5.22. The van der Waals surface area contributed by atoms with E-state index in [0.29, 0.717) is 6.42 Å². The predicted molar refractivity (Wildman–Crippen MR) is 105 cm³/mol. The van der Waals surface area contributed by atoms with Crippen LogP contribution in [0.5, 0.6) is 5.75 Å². The standard InChI is InChI=1S/C20H20N4O5/c1-23-16-13(18(27)24(2)19(23)28)7-8-14(21-16)17(26)22-20(10-25)9-12-5-3-4-6-15(12)29-11-20/h3-8,25H,9-11H2,1-2H3,(H,22,26). The van der Waals surface area contributed by atoms with Crippen LogP contribution in [0.3, 0.4) is 0 Å². The number of aromatic nitrogens is 3. The molecule has 9 nitrogen and oxygen atoms in total. The summed E-state index contributed by atoms with van der Waals surface area (Å²) in [7, 11) is 2.87. The van der Waals surface area contributed by atoms with Crippen molar-refractivity contribution in [3.8, 4) is 5.75 Å². The Morgan fingerprint density at radius 2 is 1.97 bits per heavy atom. The van der Waals surface area contributed by atoms with Crippen LogP contribution < -0.4 is 21.3 Å². The third-order valence-electron chi connectivity index (χ3n) is 5.22. The van der Waals surface area contributed by atoms with Gasteiger partial charge in [-0.1, -0.05) is 18.2 Å². The summed E-state index contributed by atoms with van der Waals surface area (Å²) >= 11 is 0. The molecule has 0 aliphatic carbocycles. The van der Waals surface area contributed by atoms with Crippen molar-refractivity contribution in [2.24, 2.45) is 14.1 Å². The molecule has 3 heterocycles. The molecule has 4 rings (SSSR count). The number of carbonyl (C=O) groups excluding carboxylic acids is 1. The largest absolute Gasteiger partial charge is 0.491 e. The summed E-state index contributed by atoms with van der Waals surface area (Å²) in [5, 5.41) is 13.0. The molecule has 0 saturated heterocycles. The number of aliphatic hydroxyl groups excluding tert-OH is 1. The van der Waals surface area contributed by atoms with Crippen LogP contribution in [0.25, 0.3) is 11.0 Å². The first kappa shape index (κ1) is 18.9. The lowest BCUT2D eigenvalue weighted by atomic mass is 9.89. The minimum Gasteiger partial charge on any atom is -0.491 e. The molecule has 3 aromatic rings. The number of hydrogen-bond donors (Lipinski definition) is 2. The highest BCUT2D eigenvalue weighted by Gasteiger charge is 2.37. The molecular formula is C20H20N4O5. The zero-order valence-electron chi connectivity index (χ0n) is 16.0. The van der Waals surface area contributed by atoms with Crippen LogP contribution in [0.1, 0.15) is 16.1 Å². The quantitative estimate of drug-likeness (QED) is 0.630. The van der Waals surface area contributed by atoms with Gasteiger partial charge in [0, 0.05) is 20.5 Å². The second-order valence-corrected chi connectivity index (χ2v) is 7.24. The summed E-state index contributed by atoms with van der Waals surface area (Å²) in [6.45, 7) is -0.210. The first-order valence-corrected chi connectivity index (χ1v) is 9.06. The lowest BCUT2D eigenvalue weighted by Crippen LogP contribution is -2.58. The Hall–Kier alpha value is -3.46. The summed E-state index contributed by atoms with van der Waals surface area (Å²) in [5.74, 6) is 0.192. The normalized spacial score (nSPS) is 18.2. The number of fused-ring (bicyclic) bond motifs is 2. The molecule has 150 valence electrons. The minimum absolute atomic E-state index is 0.0347. The molecular weight excluding hydrogens is 376 g/mol. The SMILES string of the molecule is Cn1c(=O)c2ccc(C(=O)NC3(CO)COc4ccccc4C3)nc2n(C)c1=O. The van der Waals surface area contributed by atoms with E-state index < -0.39 is 22.7 Å². The van der Waals surface area contributed by atoms with Gasteiger partial charge in [-0.2, -0.15) is 0 Å². The van der Waals surface area contributed by atoms with Gasteiger partial charge in [0.1, 0.15) is 29.2 Å². The number of hydrogen-bond acceptors (Lipinski definition) is 6. The summed E-state index contributed by atoms with van der Waals surface area (Å²) < 4.78 is 7.92. The lowest BCUT2D eigenvalue weighted by Gasteiger charge is -2.37. The van der Waals surface area contributed by atoms with Gasteiger partial charge in [0.05, 0.1) is 12.0 Å². The highest BCUT2D eigenvalue weighted by Crippen LogP contribution is 2.29. The number of nitrogens with zero attached hydrogens (tertiary/aromatic N) is 3. The molecule has 1 amide bonds. The van der Waals surface area contributed by atoms with Gasteiger partial charge in [0.25, 0.3) is 11.5 Å². The van der Waals surface area contributed by atoms with E-state index in [1.807, 2.05) is 24.3 Å². The maximum Gasteiger partial charge on any atom is 0.332 e. The Morgan fingerprint density at radius 1 is 1.21 bits per heavy atom. The number of para-hydroxylation sites is 1. The maximum atomic E-state index is 12.9. The lowest BCUT2D eigenvalue weighted by molar-refractivity contribution is 0.0650. The average Bonchev–Trinajstić information content (AvgIpc) is 2.75. The molecule has 1 atom stereocenters. The second kappa shape index (κ2) is 6.85. The first-order chi connectivity index (χ1) is 13.8. The van der Waals surface area contributed by atoms with Crippen LogP contribution in [0.4, 0.5) is 0 Å². The second-order valence-electron chi connectivity index (χ2n) is 7.24. The number of benzene rings is 1. The van der Waals surface area contributed by atoms with Crippen molar-refractivity contribution in [1.82, 2.24) is 19.4 Å². The van der Waals surface area contributed by atoms with E-state index in [4.69, 9.17) is 4.74 Å². The zero-order valence-corrected chi connectivity index (χ0v) is 16.0. The van der Waals surface area contributed by atoms with Crippen LogP contribution in [0.15, 0.2) is 46.0 Å². The number of pyridine rings is 1. The van der Waals surface area contributed by atoms with Crippen molar-refractivity contribution in [3.05, 3.63) is 68.5 Å². The third kappa shape index (κ3) is 3.09. The van der Waals surface area contributed by atoms with E-state index in [1.165, 1.54) is 30.8 Å². The van der Waals surface area contributed by atoms with Crippen LogP contribution in [0.2, 0.25) is 0 Å². The maximum absolute atomic E-state index is 12.9. The fourth-order valence-electron chi connectivity index (χ4n) is 3.53. The van der Waals surface area contributed by atoms with Gasteiger partial charge in [-0.05, 0) is 23.8 Å². The molecule has 0 spiro atoms. The van der Waals surface area contributed by atoms with Gasteiger partial charge in [-0.3, -0.25) is 18.7 Å². The van der Waals surface area contributed by atoms with Gasteiger partial charge in [0.15, 0.2) is 0 Å². The predicted octanol–water partition coefficient (Wildman–Crippen LogP) is -0.272. The monoisotopic (exact) mass is 396 g/mol. The van der Waals surface area contributed by atoms with E-state index >= 15 is 0 Å². The van der Waals surface area contributed by atoms with Crippen molar-refractivity contribution in [2.45, 2.75) is 12.0 Å². The number of carbonyl (C=O) groups is 1. The summed E-state index contributed by atoms with van der Waals surface area (Å²) in [5.41, 5.74) is -0.976. The molecule has 1 aliphatic rings. The molecule has 1 aromatic carbocycles. The van der Waals surface area contributed by atoms with E-state index in [0.717, 1.165) is 15.9 Å². The van der Waals surface area contributed by atoms with Crippen molar-refractivity contribution >= 4 is 16.9 Å². The van der Waals surface area contributed by atoms with Crippen LogP contribution in [-0.4, -0.2) is 43.9 Å².